The van der Waals surface area contributed by atoms with Crippen LogP contribution in [-0.2, 0) is 14.2 Å². The molecule has 21 heteroatoms. The quantitative estimate of drug-likeness (QED) is 0.0306. The van der Waals surface area contributed by atoms with Crippen molar-refractivity contribution in [3.05, 3.63) is 221 Å². The minimum absolute atomic E-state index is 0.0249. The van der Waals surface area contributed by atoms with Gasteiger partial charge in [0.15, 0.2) is 0 Å². The number of esters is 3. The number of aliphatic hydroxyl groups is 1. The van der Waals surface area contributed by atoms with Crippen molar-refractivity contribution >= 4 is 84.8 Å². The summed E-state index contributed by atoms with van der Waals surface area (Å²) in [4.78, 5) is 87.2. The van der Waals surface area contributed by atoms with Crippen molar-refractivity contribution in [1.29, 1.82) is 0 Å². The van der Waals surface area contributed by atoms with Crippen LogP contribution < -0.4 is 0 Å². The third kappa shape index (κ3) is 15.0. The van der Waals surface area contributed by atoms with Gasteiger partial charge in [-0.05, 0) is 136 Å². The predicted molar refractivity (Wildman–Crippen MR) is 311 cm³/mol. The van der Waals surface area contributed by atoms with Crippen LogP contribution in [-0.4, -0.2) is 96.3 Å². The summed E-state index contributed by atoms with van der Waals surface area (Å²) < 4.78 is 13.8. The molecule has 10 rings (SSSR count). The third-order valence-electron chi connectivity index (χ3n) is 12.9. The number of aromatic amines is 4. The van der Waals surface area contributed by atoms with Crippen molar-refractivity contribution < 1.29 is 63.3 Å². The minimum atomic E-state index is -1.29. The van der Waals surface area contributed by atoms with Gasteiger partial charge in [-0.3, -0.25) is 20.2 Å². The molecule has 0 saturated heterocycles. The number of methoxy groups -OCH3 is 3. The summed E-state index contributed by atoms with van der Waals surface area (Å²) in [6.07, 6.45) is 7.70. The first kappa shape index (κ1) is 62.4. The Hall–Kier alpha value is -10.4. The zero-order chi connectivity index (χ0) is 60.5. The van der Waals surface area contributed by atoms with E-state index in [2.05, 4.69) is 43.7 Å². The first-order valence-electron chi connectivity index (χ1n) is 25.2. The van der Waals surface area contributed by atoms with E-state index in [1.54, 1.807) is 44.3 Å². The number of ether oxygens (including phenoxy) is 3. The normalized spacial score (nSPS) is 10.7. The topological polar surface area (TPSA) is 323 Å². The van der Waals surface area contributed by atoms with Crippen LogP contribution >= 0.6 is 0 Å². The lowest BCUT2D eigenvalue weighted by Gasteiger charge is -2.10. The molecule has 0 saturated carbocycles. The zero-order valence-corrected chi connectivity index (χ0v) is 46.6. The van der Waals surface area contributed by atoms with Crippen LogP contribution in [0.4, 0.5) is 11.4 Å². The molecule has 0 spiro atoms. The second kappa shape index (κ2) is 28.5. The van der Waals surface area contributed by atoms with Gasteiger partial charge in [0.2, 0.25) is 0 Å². The molecule has 1 unspecified atom stereocenters. The van der Waals surface area contributed by atoms with Gasteiger partial charge in [0.1, 0.15) is 11.1 Å². The Labute approximate surface area is 469 Å². The smallest absolute Gasteiger partial charge is 0.344 e. The number of hydrogen-bond acceptors (Lipinski definition) is 13. The molecule has 1 atom stereocenters. The number of carboxylic acid groups (broad SMARTS) is 2. The number of nitro groups is 2. The number of aromatic carboxylic acids is 2. The monoisotopic (exact) mass is 1120 g/mol. The van der Waals surface area contributed by atoms with Gasteiger partial charge in [-0.1, -0.05) is 49.4 Å². The number of carbonyl (C=O) groups excluding carboxylic acids is 3. The third-order valence-corrected chi connectivity index (χ3v) is 12.9. The highest BCUT2D eigenvalue weighted by atomic mass is 16.6. The van der Waals surface area contributed by atoms with Crippen molar-refractivity contribution in [2.24, 2.45) is 0 Å². The Balaban J connectivity index is 0.000000180. The van der Waals surface area contributed by atoms with Gasteiger partial charge >= 0.3 is 29.8 Å². The molecule has 0 aliphatic carbocycles. The molecule has 4 heterocycles. The van der Waals surface area contributed by atoms with E-state index in [0.29, 0.717) is 27.8 Å². The number of hydrogen-bond donors (Lipinski definition) is 7. The molecular formula is C61H62N6O15. The molecule has 0 aliphatic rings. The SMILES string of the molecule is CCC(O)c1ccc(C)c2cc[nH]c12.COC(=O)c1ccc(C)c2cc[nH]c12.COC(=O)c1ccc(C)c2cc[nH]c12.COC(=O)c1ccc(C)cc1[N+](=O)[O-].Cc1ccc(C(=O)O)c([N+](=O)[O-])c1.Cc1ccc(C(=O)O)c2[nH]ccc12. The summed E-state index contributed by atoms with van der Waals surface area (Å²) in [7, 11) is 3.96. The number of rotatable bonds is 9. The average molecular weight is 1120 g/mol. The number of H-pyrrole nitrogens is 4. The molecule has 10 aromatic rings. The maximum Gasteiger partial charge on any atom is 0.344 e. The van der Waals surface area contributed by atoms with Gasteiger partial charge in [0.05, 0.1) is 76.0 Å². The average Bonchev–Trinajstić information content (AvgIpc) is 4.54. The number of benzene rings is 6. The van der Waals surface area contributed by atoms with Gasteiger partial charge in [0.25, 0.3) is 11.4 Å². The van der Waals surface area contributed by atoms with Crippen molar-refractivity contribution in [3.8, 4) is 0 Å². The van der Waals surface area contributed by atoms with Crippen LogP contribution in [0.5, 0.6) is 0 Å². The van der Waals surface area contributed by atoms with Gasteiger partial charge in [-0.25, -0.2) is 24.0 Å². The molecule has 0 bridgehead atoms. The lowest BCUT2D eigenvalue weighted by atomic mass is 10.0. The number of aromatic nitrogens is 4. The fourth-order valence-electron chi connectivity index (χ4n) is 8.52. The van der Waals surface area contributed by atoms with Crippen LogP contribution in [0.3, 0.4) is 0 Å². The number of nitrogens with one attached hydrogen (secondary N) is 4. The van der Waals surface area contributed by atoms with Crippen LogP contribution in [0.1, 0.15) is 110 Å². The molecule has 426 valence electrons. The van der Waals surface area contributed by atoms with Crippen LogP contribution in [0.15, 0.2) is 134 Å². The number of nitrogens with zero attached hydrogens (tertiary/aromatic N) is 2. The van der Waals surface area contributed by atoms with Crippen LogP contribution in [0.25, 0.3) is 43.6 Å². The minimum Gasteiger partial charge on any atom is -0.478 e. The van der Waals surface area contributed by atoms with E-state index in [1.807, 2.05) is 88.8 Å². The summed E-state index contributed by atoms with van der Waals surface area (Å²) >= 11 is 0. The number of nitro benzene ring substituents is 2. The highest BCUT2D eigenvalue weighted by Crippen LogP contribution is 2.28. The van der Waals surface area contributed by atoms with E-state index in [4.69, 9.17) is 19.7 Å². The molecule has 21 nitrogen and oxygen atoms in total. The van der Waals surface area contributed by atoms with E-state index in [1.165, 1.54) is 62.6 Å². The van der Waals surface area contributed by atoms with Crippen molar-refractivity contribution in [2.75, 3.05) is 21.3 Å². The molecule has 7 N–H and O–H groups in total. The summed E-state index contributed by atoms with van der Waals surface area (Å²) in [5.74, 6) is -3.49. The fraction of sp³-hybridized carbons (Fsp3) is 0.197. The number of carbonyl (C=O) groups is 5. The highest BCUT2D eigenvalue weighted by molar-refractivity contribution is 6.05. The van der Waals surface area contributed by atoms with E-state index >= 15 is 0 Å². The molecule has 0 aliphatic heterocycles. The molecule has 6 aromatic carbocycles. The maximum atomic E-state index is 11.4. The second-order valence-electron chi connectivity index (χ2n) is 18.4. The van der Waals surface area contributed by atoms with Gasteiger partial charge in [-0.2, -0.15) is 0 Å². The maximum absolute atomic E-state index is 11.4. The number of carboxylic acids is 2. The van der Waals surface area contributed by atoms with Crippen molar-refractivity contribution in [3.63, 3.8) is 0 Å². The Morgan fingerprint density at radius 3 is 1.12 bits per heavy atom. The summed E-state index contributed by atoms with van der Waals surface area (Å²) in [5, 5.41) is 52.6. The van der Waals surface area contributed by atoms with Crippen LogP contribution in [0.2, 0.25) is 0 Å². The summed E-state index contributed by atoms with van der Waals surface area (Å²) in [6.45, 7) is 13.4. The number of aliphatic hydroxyl groups excluding tert-OH is 1. The highest BCUT2D eigenvalue weighted by Gasteiger charge is 2.21. The van der Waals surface area contributed by atoms with Crippen molar-refractivity contribution in [1.82, 2.24) is 19.9 Å². The molecular weight excluding hydrogens is 1060 g/mol. The predicted octanol–water partition coefficient (Wildman–Crippen LogP) is 12.9. The molecule has 0 fully saturated rings. The zero-order valence-electron chi connectivity index (χ0n) is 46.6. The largest absolute Gasteiger partial charge is 0.478 e. The lowest BCUT2D eigenvalue weighted by Crippen LogP contribution is -2.05. The lowest BCUT2D eigenvalue weighted by molar-refractivity contribution is -0.385. The fourth-order valence-corrected chi connectivity index (χ4v) is 8.52. The van der Waals surface area contributed by atoms with E-state index in [0.717, 1.165) is 66.9 Å². The standard InChI is InChI=1S/C12H15NO.2C11H11NO2.C10H9NO2.C9H9NO4.C8H7NO4/c1-3-11(14)10-5-4-8(2)9-6-7-13-12(9)10;2*1-7-3-4-9(11(13)14-2)10-8(7)5-6-12-10;1-6-2-3-8(10(12)13)9-7(6)4-5-11-9;1-6-3-4-7(9(11)14-2)8(5-6)10(12)13;1-5-2-3-6(8(10)11)7(4-5)9(12)13/h4-7,11,13-14H,3H2,1-2H3;2*3-6,12H,1-2H3;2-5,11H,1H3,(H,12,13);3-5H,1-2H3;2-4H,1H3,(H,10,11). The van der Waals surface area contributed by atoms with Gasteiger partial charge in [-0.15, -0.1) is 0 Å². The van der Waals surface area contributed by atoms with Crippen LogP contribution in [0, 0.1) is 61.8 Å². The summed E-state index contributed by atoms with van der Waals surface area (Å²) in [6, 6.07) is 31.1. The molecule has 82 heavy (non-hydrogen) atoms. The second-order valence-corrected chi connectivity index (χ2v) is 18.4. The van der Waals surface area contributed by atoms with Crippen molar-refractivity contribution in [2.45, 2.75) is 61.0 Å². The van der Waals surface area contributed by atoms with Gasteiger partial charge in [0, 0.05) is 64.0 Å². The van der Waals surface area contributed by atoms with E-state index in [9.17, 15) is 49.3 Å². The number of fused-ring (bicyclic) bond motifs is 4. The van der Waals surface area contributed by atoms with Gasteiger partial charge < -0.3 is 49.5 Å². The Bertz CT molecular complexity index is 3870. The molecule has 4 aromatic heterocycles. The van der Waals surface area contributed by atoms with E-state index < -0.39 is 27.8 Å². The summed E-state index contributed by atoms with van der Waals surface area (Å²) in [5.41, 5.74) is 11.1. The Morgan fingerprint density at radius 1 is 0.451 bits per heavy atom. The first-order chi connectivity index (χ1) is 39.0. The van der Waals surface area contributed by atoms with E-state index in [-0.39, 0.29) is 40.5 Å². The Kier molecular flexibility index (Phi) is 21.7. The first-order valence-corrected chi connectivity index (χ1v) is 25.2. The Morgan fingerprint density at radius 2 is 0.756 bits per heavy atom. The molecule has 0 radical (unpaired) electrons. The molecule has 0 amide bonds. The number of aryl methyl sites for hydroxylation is 6.